The van der Waals surface area contributed by atoms with Crippen LogP contribution in [0.1, 0.15) is 57.1 Å². The predicted molar refractivity (Wildman–Crippen MR) is 130 cm³/mol. The molecule has 0 unspecified atom stereocenters. The first-order valence-corrected chi connectivity index (χ1v) is 14.3. The summed E-state index contributed by atoms with van der Waals surface area (Å²) in [7, 11) is -3.59. The highest BCUT2D eigenvalue weighted by Crippen LogP contribution is 2.38. The van der Waals surface area contributed by atoms with Gasteiger partial charge in [0.1, 0.15) is 11.6 Å². The van der Waals surface area contributed by atoms with Crippen LogP contribution in [0.2, 0.25) is 0 Å². The molecule has 0 N–H and O–H groups in total. The normalized spacial score (nSPS) is 20.4. The highest BCUT2D eigenvalue weighted by atomic mass is 32.2. The highest BCUT2D eigenvalue weighted by Gasteiger charge is 2.30. The summed E-state index contributed by atoms with van der Waals surface area (Å²) in [5, 5.41) is 0.715. The van der Waals surface area contributed by atoms with E-state index in [9.17, 15) is 17.2 Å². The maximum absolute atomic E-state index is 14.2. The molecule has 2 heterocycles. The third kappa shape index (κ3) is 4.62. The molecule has 2 aliphatic rings. The second kappa shape index (κ2) is 9.59. The van der Waals surface area contributed by atoms with E-state index in [2.05, 4.69) is 11.5 Å². The van der Waals surface area contributed by atoms with E-state index in [0.717, 1.165) is 56.2 Å². The monoisotopic (exact) mass is 505 g/mol. The Hall–Kier alpha value is -1.97. The lowest BCUT2D eigenvalue weighted by molar-refractivity contribution is 0.281. The summed E-state index contributed by atoms with van der Waals surface area (Å²) >= 11 is 1.36. The van der Waals surface area contributed by atoms with Gasteiger partial charge in [0, 0.05) is 30.4 Å². The van der Waals surface area contributed by atoms with Gasteiger partial charge < -0.3 is 4.57 Å². The van der Waals surface area contributed by atoms with Gasteiger partial charge >= 0.3 is 0 Å². The van der Waals surface area contributed by atoms with Crippen LogP contribution in [0.4, 0.5) is 8.78 Å². The lowest BCUT2D eigenvalue weighted by atomic mass is 10.0. The van der Waals surface area contributed by atoms with Crippen LogP contribution in [0, 0.1) is 17.6 Å². The van der Waals surface area contributed by atoms with Gasteiger partial charge in [-0.2, -0.15) is 4.31 Å². The molecule has 2 fully saturated rings. The van der Waals surface area contributed by atoms with E-state index in [0.29, 0.717) is 29.7 Å². The summed E-state index contributed by atoms with van der Waals surface area (Å²) in [5.74, 6) is -0.319. The lowest BCUT2D eigenvalue weighted by Gasteiger charge is -2.30. The fourth-order valence-electron chi connectivity index (χ4n) is 5.14. The van der Waals surface area contributed by atoms with E-state index >= 15 is 0 Å². The third-order valence-electron chi connectivity index (χ3n) is 6.94. The van der Waals surface area contributed by atoms with Crippen LogP contribution in [0.3, 0.4) is 0 Å². The lowest BCUT2D eigenvalue weighted by Crippen LogP contribution is -2.39. The third-order valence-corrected chi connectivity index (χ3v) is 9.80. The molecule has 34 heavy (non-hydrogen) atoms. The van der Waals surface area contributed by atoms with Crippen molar-refractivity contribution in [2.45, 2.75) is 67.3 Å². The first-order valence-electron chi connectivity index (χ1n) is 11.9. The van der Waals surface area contributed by atoms with Crippen molar-refractivity contribution >= 4 is 32.8 Å². The summed E-state index contributed by atoms with van der Waals surface area (Å²) in [6, 6.07) is 8.96. The minimum Gasteiger partial charge on any atom is -0.316 e. The van der Waals surface area contributed by atoms with Gasteiger partial charge in [0.05, 0.1) is 15.9 Å². The van der Waals surface area contributed by atoms with Gasteiger partial charge in [0.15, 0.2) is 5.16 Å². The minimum absolute atomic E-state index is 0.246. The molecule has 1 atom stereocenters. The van der Waals surface area contributed by atoms with Crippen molar-refractivity contribution in [3.8, 4) is 0 Å². The minimum atomic E-state index is -3.59. The Bertz CT molecular complexity index is 1300. The zero-order valence-electron chi connectivity index (χ0n) is 19.2. The van der Waals surface area contributed by atoms with E-state index < -0.39 is 21.7 Å². The molecule has 9 heteroatoms. The Balaban J connectivity index is 1.50. The van der Waals surface area contributed by atoms with Crippen LogP contribution in [0.25, 0.3) is 11.0 Å². The molecule has 1 aliphatic heterocycles. The molecule has 3 aromatic rings. The second-order valence-electron chi connectivity index (χ2n) is 9.49. The number of hydrogen-bond donors (Lipinski definition) is 0. The van der Waals surface area contributed by atoms with Gasteiger partial charge in [0.25, 0.3) is 0 Å². The van der Waals surface area contributed by atoms with Crippen molar-refractivity contribution in [1.29, 1.82) is 0 Å². The van der Waals surface area contributed by atoms with E-state index in [-0.39, 0.29) is 22.3 Å². The van der Waals surface area contributed by atoms with Gasteiger partial charge in [-0.25, -0.2) is 22.2 Å². The Morgan fingerprint density at radius 3 is 2.62 bits per heavy atom. The number of halogens is 2. The van der Waals surface area contributed by atoms with E-state index in [1.807, 2.05) is 6.07 Å². The molecule has 0 amide bonds. The van der Waals surface area contributed by atoms with Crippen molar-refractivity contribution in [2.24, 2.45) is 5.92 Å². The van der Waals surface area contributed by atoms with Gasteiger partial charge in [-0.3, -0.25) is 0 Å². The van der Waals surface area contributed by atoms with Gasteiger partial charge in [-0.15, -0.1) is 0 Å². The van der Waals surface area contributed by atoms with Crippen LogP contribution in [-0.2, 0) is 15.8 Å². The summed E-state index contributed by atoms with van der Waals surface area (Å²) in [6.07, 6.45) is 6.23. The fourth-order valence-corrected chi connectivity index (χ4v) is 7.82. The molecule has 1 saturated carbocycles. The largest absolute Gasteiger partial charge is 0.316 e. The number of aromatic nitrogens is 2. The fraction of sp³-hybridized carbons (Fsp3) is 0.480. The number of nitrogens with zero attached hydrogens (tertiary/aromatic N) is 3. The summed E-state index contributed by atoms with van der Waals surface area (Å²) in [5.41, 5.74) is 1.80. The molecule has 0 bridgehead atoms. The van der Waals surface area contributed by atoms with Gasteiger partial charge in [0.2, 0.25) is 10.0 Å². The number of sulfonamides is 1. The molecule has 2 aromatic carbocycles. The van der Waals surface area contributed by atoms with Crippen LogP contribution >= 0.6 is 11.8 Å². The molecule has 1 saturated heterocycles. The molecular weight excluding hydrogens is 476 g/mol. The molecule has 182 valence electrons. The number of benzene rings is 2. The standard InChI is InChI=1S/C25H29F2N3O2S2/c1-17-5-4-12-29(15-17)34(31,32)21-9-11-24-23(14-21)28-25(30(24)20-6-2-3-7-20)33-16-18-13-19(26)8-10-22(18)27/h8-11,13-14,17,20H,2-7,12,15-16H2,1H3/t17-/m0/s1. The summed E-state index contributed by atoms with van der Waals surface area (Å²) in [6.45, 7) is 3.16. The Morgan fingerprint density at radius 2 is 1.85 bits per heavy atom. The van der Waals surface area contributed by atoms with Crippen LogP contribution in [0.15, 0.2) is 46.5 Å². The van der Waals surface area contributed by atoms with Crippen LogP contribution in [0.5, 0.6) is 0 Å². The molecule has 0 spiro atoms. The number of imidazole rings is 1. The summed E-state index contributed by atoms with van der Waals surface area (Å²) < 4.78 is 58.2. The molecular formula is C25H29F2N3O2S2. The van der Waals surface area contributed by atoms with Crippen molar-refractivity contribution in [2.75, 3.05) is 13.1 Å². The first-order chi connectivity index (χ1) is 16.3. The molecule has 0 radical (unpaired) electrons. The van der Waals surface area contributed by atoms with Gasteiger partial charge in [-0.05, 0) is 68.0 Å². The van der Waals surface area contributed by atoms with E-state index in [1.54, 1.807) is 16.4 Å². The average molecular weight is 506 g/mol. The first kappa shape index (κ1) is 23.8. The van der Waals surface area contributed by atoms with E-state index in [4.69, 9.17) is 4.98 Å². The van der Waals surface area contributed by atoms with Crippen molar-refractivity contribution < 1.29 is 17.2 Å². The Morgan fingerprint density at radius 1 is 1.06 bits per heavy atom. The van der Waals surface area contributed by atoms with Gasteiger partial charge in [-0.1, -0.05) is 31.5 Å². The van der Waals surface area contributed by atoms with Crippen LogP contribution in [-0.4, -0.2) is 35.4 Å². The Labute approximate surface area is 203 Å². The maximum atomic E-state index is 14.2. The highest BCUT2D eigenvalue weighted by molar-refractivity contribution is 7.98. The number of hydrogen-bond acceptors (Lipinski definition) is 4. The number of rotatable bonds is 6. The number of thioether (sulfide) groups is 1. The molecule has 5 nitrogen and oxygen atoms in total. The van der Waals surface area contributed by atoms with Crippen molar-refractivity contribution in [3.63, 3.8) is 0 Å². The molecule has 1 aliphatic carbocycles. The summed E-state index contributed by atoms with van der Waals surface area (Å²) in [4.78, 5) is 5.05. The van der Waals surface area contributed by atoms with E-state index in [1.165, 1.54) is 17.8 Å². The predicted octanol–water partition coefficient (Wildman–Crippen LogP) is 6.14. The smallest absolute Gasteiger partial charge is 0.243 e. The number of piperidine rings is 1. The molecule has 1 aromatic heterocycles. The molecule has 5 rings (SSSR count). The van der Waals surface area contributed by atoms with Crippen molar-refractivity contribution in [3.05, 3.63) is 53.6 Å². The maximum Gasteiger partial charge on any atom is 0.243 e. The zero-order valence-corrected chi connectivity index (χ0v) is 20.8. The second-order valence-corrected chi connectivity index (χ2v) is 12.4. The quantitative estimate of drug-likeness (QED) is 0.378. The Kier molecular flexibility index (Phi) is 6.70. The van der Waals surface area contributed by atoms with Crippen molar-refractivity contribution in [1.82, 2.24) is 13.9 Å². The average Bonchev–Trinajstić information content (AvgIpc) is 3.46. The zero-order chi connectivity index (χ0) is 23.9. The SMILES string of the molecule is C[C@H]1CCCN(S(=O)(=O)c2ccc3c(c2)nc(SCc2cc(F)ccc2F)n3C2CCCC2)C1. The number of fused-ring (bicyclic) bond motifs is 1. The topological polar surface area (TPSA) is 55.2 Å². The van der Waals surface area contributed by atoms with Crippen LogP contribution < -0.4 is 0 Å².